The molecule has 130 valence electrons. The fraction of sp³-hybridized carbons (Fsp3) is 0.381. The lowest BCUT2D eigenvalue weighted by Crippen LogP contribution is -2.39. The molecule has 0 radical (unpaired) electrons. The fourth-order valence-electron chi connectivity index (χ4n) is 4.17. The molecule has 2 atom stereocenters. The molecule has 4 heteroatoms. The summed E-state index contributed by atoms with van der Waals surface area (Å²) in [6.07, 6.45) is 1.12. The van der Waals surface area contributed by atoms with Crippen molar-refractivity contribution in [2.75, 3.05) is 38.6 Å². The van der Waals surface area contributed by atoms with Crippen LogP contribution in [0.15, 0.2) is 48.5 Å². The van der Waals surface area contributed by atoms with Gasteiger partial charge in [0.15, 0.2) is 0 Å². The largest absolute Gasteiger partial charge is 0.377 e. The first kappa shape index (κ1) is 16.2. The smallest absolute Gasteiger partial charge is 0.254 e. The second kappa shape index (κ2) is 6.52. The molecule has 2 unspecified atom stereocenters. The summed E-state index contributed by atoms with van der Waals surface area (Å²) in [6, 6.07) is 16.8. The van der Waals surface area contributed by atoms with Crippen LogP contribution in [0.2, 0.25) is 0 Å². The van der Waals surface area contributed by atoms with Crippen molar-refractivity contribution in [2.24, 2.45) is 5.92 Å². The lowest BCUT2D eigenvalue weighted by molar-refractivity contribution is 0.0737. The number of benzene rings is 2. The van der Waals surface area contributed by atoms with Gasteiger partial charge in [-0.3, -0.25) is 4.79 Å². The van der Waals surface area contributed by atoms with Gasteiger partial charge in [0.1, 0.15) is 0 Å². The molecule has 2 aliphatic rings. The third-order valence-corrected chi connectivity index (χ3v) is 5.53. The number of likely N-dealkylation sites (tertiary alicyclic amines) is 1. The molecule has 2 fully saturated rings. The van der Waals surface area contributed by atoms with E-state index in [1.165, 1.54) is 11.3 Å². The topological polar surface area (TPSA) is 35.6 Å². The molecule has 2 aliphatic heterocycles. The van der Waals surface area contributed by atoms with E-state index in [1.807, 2.05) is 12.1 Å². The van der Waals surface area contributed by atoms with Crippen molar-refractivity contribution in [3.8, 4) is 11.1 Å². The van der Waals surface area contributed by atoms with Crippen molar-refractivity contribution in [3.63, 3.8) is 0 Å². The minimum atomic E-state index is 0.170. The zero-order chi connectivity index (χ0) is 17.4. The third kappa shape index (κ3) is 2.91. The average molecular weight is 335 g/mol. The normalized spacial score (nSPS) is 22.1. The Kier molecular flexibility index (Phi) is 4.22. The van der Waals surface area contributed by atoms with Crippen LogP contribution in [0.3, 0.4) is 0 Å². The minimum absolute atomic E-state index is 0.170. The fourth-order valence-corrected chi connectivity index (χ4v) is 4.17. The zero-order valence-electron chi connectivity index (χ0n) is 14.9. The molecule has 2 saturated heterocycles. The molecule has 1 N–H and O–H groups in total. The summed E-state index contributed by atoms with van der Waals surface area (Å²) in [4.78, 5) is 17.1. The molecule has 0 aromatic heterocycles. The van der Waals surface area contributed by atoms with Crippen LogP contribution in [0, 0.1) is 5.92 Å². The standard InChI is InChI=1S/C21H25N3O/c1-23(2)19-6-4-3-5-18(19)15-7-9-16(10-8-15)21(25)24-12-11-17-13-22-14-20(17)24/h3-10,17,20,22H,11-14H2,1-2H3. The Balaban J connectivity index is 1.57. The van der Waals surface area contributed by atoms with Crippen LogP contribution < -0.4 is 10.2 Å². The zero-order valence-corrected chi connectivity index (χ0v) is 14.9. The molecule has 1 amide bonds. The Morgan fingerprint density at radius 2 is 1.84 bits per heavy atom. The highest BCUT2D eigenvalue weighted by Gasteiger charge is 2.39. The maximum atomic E-state index is 12.9. The Bertz CT molecular complexity index is 769. The summed E-state index contributed by atoms with van der Waals surface area (Å²) >= 11 is 0. The van der Waals surface area contributed by atoms with Crippen molar-refractivity contribution in [1.82, 2.24) is 10.2 Å². The summed E-state index contributed by atoms with van der Waals surface area (Å²) in [5.74, 6) is 0.804. The van der Waals surface area contributed by atoms with E-state index in [2.05, 4.69) is 65.6 Å². The average Bonchev–Trinajstić information content (AvgIpc) is 3.25. The third-order valence-electron chi connectivity index (χ3n) is 5.53. The van der Waals surface area contributed by atoms with Crippen LogP contribution in [-0.2, 0) is 0 Å². The van der Waals surface area contributed by atoms with E-state index in [-0.39, 0.29) is 5.91 Å². The first-order valence-corrected chi connectivity index (χ1v) is 9.03. The van der Waals surface area contributed by atoms with Crippen LogP contribution in [0.5, 0.6) is 0 Å². The Morgan fingerprint density at radius 1 is 1.08 bits per heavy atom. The van der Waals surface area contributed by atoms with Crippen molar-refractivity contribution in [1.29, 1.82) is 0 Å². The van der Waals surface area contributed by atoms with Crippen molar-refractivity contribution in [2.45, 2.75) is 12.5 Å². The number of para-hydroxylation sites is 1. The highest BCUT2D eigenvalue weighted by atomic mass is 16.2. The van der Waals surface area contributed by atoms with Crippen LogP contribution in [0.1, 0.15) is 16.8 Å². The molecular weight excluding hydrogens is 310 g/mol. The first-order valence-electron chi connectivity index (χ1n) is 9.03. The number of fused-ring (bicyclic) bond motifs is 1. The number of rotatable bonds is 3. The van der Waals surface area contributed by atoms with Gasteiger partial charge in [-0.05, 0) is 36.1 Å². The molecular formula is C21H25N3O. The van der Waals surface area contributed by atoms with E-state index in [4.69, 9.17) is 0 Å². The van der Waals surface area contributed by atoms with Crippen LogP contribution in [-0.4, -0.2) is 50.6 Å². The molecule has 0 aliphatic carbocycles. The van der Waals surface area contributed by atoms with Gasteiger partial charge < -0.3 is 15.1 Å². The van der Waals surface area contributed by atoms with Crippen molar-refractivity contribution < 1.29 is 4.79 Å². The second-order valence-corrected chi connectivity index (χ2v) is 7.26. The summed E-state index contributed by atoms with van der Waals surface area (Å²) in [5.41, 5.74) is 4.30. The first-order chi connectivity index (χ1) is 12.1. The summed E-state index contributed by atoms with van der Waals surface area (Å²) in [7, 11) is 4.10. The van der Waals surface area contributed by atoms with E-state index >= 15 is 0 Å². The minimum Gasteiger partial charge on any atom is -0.377 e. The number of amides is 1. The molecule has 4 nitrogen and oxygen atoms in total. The Hall–Kier alpha value is -2.33. The monoisotopic (exact) mass is 335 g/mol. The Morgan fingerprint density at radius 3 is 2.60 bits per heavy atom. The molecule has 2 aromatic carbocycles. The van der Waals surface area contributed by atoms with Crippen molar-refractivity contribution in [3.05, 3.63) is 54.1 Å². The van der Waals surface area contributed by atoms with Crippen LogP contribution in [0.4, 0.5) is 5.69 Å². The van der Waals surface area contributed by atoms with E-state index in [0.717, 1.165) is 37.2 Å². The number of nitrogens with one attached hydrogen (secondary N) is 1. The van der Waals surface area contributed by atoms with Gasteiger partial charge in [-0.1, -0.05) is 30.3 Å². The quantitative estimate of drug-likeness (QED) is 0.937. The molecule has 0 bridgehead atoms. The molecule has 2 heterocycles. The van der Waals surface area contributed by atoms with Gasteiger partial charge in [0.05, 0.1) is 0 Å². The van der Waals surface area contributed by atoms with E-state index in [0.29, 0.717) is 12.0 Å². The summed E-state index contributed by atoms with van der Waals surface area (Å²) in [5, 5.41) is 3.41. The number of carbonyl (C=O) groups excluding carboxylic acids is 1. The predicted octanol–water partition coefficient (Wildman–Crippen LogP) is 2.85. The lowest BCUT2D eigenvalue weighted by Gasteiger charge is -2.23. The molecule has 0 spiro atoms. The van der Waals surface area contributed by atoms with E-state index < -0.39 is 0 Å². The lowest BCUT2D eigenvalue weighted by atomic mass is 10.0. The number of hydrogen-bond acceptors (Lipinski definition) is 3. The number of hydrogen-bond donors (Lipinski definition) is 1. The van der Waals surface area contributed by atoms with Crippen LogP contribution in [0.25, 0.3) is 11.1 Å². The van der Waals surface area contributed by atoms with Gasteiger partial charge >= 0.3 is 0 Å². The number of nitrogens with zero attached hydrogens (tertiary/aromatic N) is 2. The van der Waals surface area contributed by atoms with Crippen LogP contribution >= 0.6 is 0 Å². The van der Waals surface area contributed by atoms with Gasteiger partial charge in [0.2, 0.25) is 0 Å². The van der Waals surface area contributed by atoms with Gasteiger partial charge in [0.25, 0.3) is 5.91 Å². The molecule has 0 saturated carbocycles. The maximum Gasteiger partial charge on any atom is 0.254 e. The van der Waals surface area contributed by atoms with Gasteiger partial charge in [0, 0.05) is 56.6 Å². The predicted molar refractivity (Wildman–Crippen MR) is 102 cm³/mol. The maximum absolute atomic E-state index is 12.9. The molecule has 25 heavy (non-hydrogen) atoms. The molecule has 4 rings (SSSR count). The SMILES string of the molecule is CN(C)c1ccccc1-c1ccc(C(=O)N2CCC3CNCC32)cc1. The second-order valence-electron chi connectivity index (χ2n) is 7.26. The van der Waals surface area contributed by atoms with Gasteiger partial charge in [-0.15, -0.1) is 0 Å². The number of anilines is 1. The summed E-state index contributed by atoms with van der Waals surface area (Å²) in [6.45, 7) is 2.88. The van der Waals surface area contributed by atoms with Gasteiger partial charge in [-0.2, -0.15) is 0 Å². The van der Waals surface area contributed by atoms with E-state index in [9.17, 15) is 4.79 Å². The summed E-state index contributed by atoms with van der Waals surface area (Å²) < 4.78 is 0. The van der Waals surface area contributed by atoms with Gasteiger partial charge in [-0.25, -0.2) is 0 Å². The van der Waals surface area contributed by atoms with Crippen molar-refractivity contribution >= 4 is 11.6 Å². The molecule has 2 aromatic rings. The highest BCUT2D eigenvalue weighted by molar-refractivity contribution is 5.95. The van der Waals surface area contributed by atoms with E-state index in [1.54, 1.807) is 0 Å². The number of carbonyl (C=O) groups is 1. The Labute approximate surface area is 149 Å². The highest BCUT2D eigenvalue weighted by Crippen LogP contribution is 2.31.